The molecule has 2 aromatic carbocycles. The summed E-state index contributed by atoms with van der Waals surface area (Å²) in [5.41, 5.74) is 1.76. The molecule has 0 saturated heterocycles. The Morgan fingerprint density at radius 1 is 1.15 bits per heavy atom. The molecule has 3 rings (SSSR count). The molecule has 0 spiro atoms. The molecule has 8 heteroatoms. The van der Waals surface area contributed by atoms with Gasteiger partial charge in [-0.05, 0) is 42.0 Å². The monoisotopic (exact) mass is 386 g/mol. The van der Waals surface area contributed by atoms with Crippen molar-refractivity contribution in [2.75, 3.05) is 12.9 Å². The third-order valence-corrected chi connectivity index (χ3v) is 4.94. The first-order valence-electron chi connectivity index (χ1n) is 8.24. The highest BCUT2D eigenvalue weighted by Crippen LogP contribution is 2.22. The van der Waals surface area contributed by atoms with Crippen LogP contribution in [0.4, 0.5) is 4.39 Å². The van der Waals surface area contributed by atoms with Crippen molar-refractivity contribution < 1.29 is 13.9 Å². The van der Waals surface area contributed by atoms with E-state index >= 15 is 0 Å². The van der Waals surface area contributed by atoms with Gasteiger partial charge in [0.05, 0.1) is 12.9 Å². The van der Waals surface area contributed by atoms with Crippen molar-refractivity contribution in [1.29, 1.82) is 0 Å². The summed E-state index contributed by atoms with van der Waals surface area (Å²) in [7, 11) is 3.43. The van der Waals surface area contributed by atoms with Gasteiger partial charge in [-0.1, -0.05) is 23.9 Å². The van der Waals surface area contributed by atoms with Gasteiger partial charge in [0.2, 0.25) is 5.91 Å². The molecule has 1 aromatic heterocycles. The summed E-state index contributed by atoms with van der Waals surface area (Å²) in [5.74, 6) is 1.23. The SMILES string of the molecule is COc1ccc(CNC(=O)CSc2nnc(-c3ccc(F)cc3)n2C)cc1. The van der Waals surface area contributed by atoms with Crippen molar-refractivity contribution in [2.45, 2.75) is 11.7 Å². The van der Waals surface area contributed by atoms with Crippen molar-refractivity contribution in [3.05, 3.63) is 59.9 Å². The van der Waals surface area contributed by atoms with Gasteiger partial charge >= 0.3 is 0 Å². The van der Waals surface area contributed by atoms with Gasteiger partial charge in [-0.25, -0.2) is 4.39 Å². The number of ether oxygens (including phenoxy) is 1. The van der Waals surface area contributed by atoms with Crippen molar-refractivity contribution in [3.8, 4) is 17.1 Å². The largest absolute Gasteiger partial charge is 0.497 e. The Bertz CT molecular complexity index is 910. The standard InChI is InChI=1S/C19H19FN4O2S/c1-24-18(14-5-7-15(20)8-6-14)22-23-19(24)27-12-17(25)21-11-13-3-9-16(26-2)10-4-13/h3-10H,11-12H2,1-2H3,(H,21,25). The molecule has 3 aromatic rings. The van der Waals surface area contributed by atoms with Crippen LogP contribution in [0.5, 0.6) is 5.75 Å². The summed E-state index contributed by atoms with van der Waals surface area (Å²) >= 11 is 1.30. The van der Waals surface area contributed by atoms with Gasteiger partial charge in [-0.3, -0.25) is 4.79 Å². The van der Waals surface area contributed by atoms with Crippen molar-refractivity contribution in [2.24, 2.45) is 7.05 Å². The lowest BCUT2D eigenvalue weighted by molar-refractivity contribution is -0.118. The van der Waals surface area contributed by atoms with E-state index in [4.69, 9.17) is 4.74 Å². The second kappa shape index (κ2) is 8.68. The molecule has 6 nitrogen and oxygen atoms in total. The first-order valence-corrected chi connectivity index (χ1v) is 9.23. The Balaban J connectivity index is 1.53. The number of benzene rings is 2. The van der Waals surface area contributed by atoms with Crippen LogP contribution >= 0.6 is 11.8 Å². The predicted octanol–water partition coefficient (Wildman–Crippen LogP) is 3.04. The van der Waals surface area contributed by atoms with E-state index in [0.717, 1.165) is 16.9 Å². The molecular weight excluding hydrogens is 367 g/mol. The van der Waals surface area contributed by atoms with Gasteiger partial charge in [-0.15, -0.1) is 10.2 Å². The lowest BCUT2D eigenvalue weighted by atomic mass is 10.2. The molecule has 0 bridgehead atoms. The summed E-state index contributed by atoms with van der Waals surface area (Å²) in [6.07, 6.45) is 0. The number of nitrogens with one attached hydrogen (secondary N) is 1. The normalized spacial score (nSPS) is 10.6. The molecule has 0 fully saturated rings. The van der Waals surface area contributed by atoms with Crippen molar-refractivity contribution in [1.82, 2.24) is 20.1 Å². The summed E-state index contributed by atoms with van der Waals surface area (Å²) in [6, 6.07) is 13.6. The zero-order chi connectivity index (χ0) is 19.2. The minimum absolute atomic E-state index is 0.0952. The number of thioether (sulfide) groups is 1. The molecule has 0 radical (unpaired) electrons. The maximum Gasteiger partial charge on any atom is 0.230 e. The third-order valence-electron chi connectivity index (χ3n) is 3.92. The van der Waals surface area contributed by atoms with E-state index < -0.39 is 0 Å². The number of aromatic nitrogens is 3. The van der Waals surface area contributed by atoms with E-state index in [2.05, 4.69) is 15.5 Å². The molecule has 1 N–H and O–H groups in total. The van der Waals surface area contributed by atoms with Crippen LogP contribution < -0.4 is 10.1 Å². The minimum atomic E-state index is -0.302. The van der Waals surface area contributed by atoms with Gasteiger partial charge in [0.25, 0.3) is 0 Å². The highest BCUT2D eigenvalue weighted by atomic mass is 32.2. The molecule has 0 aliphatic rings. The maximum absolute atomic E-state index is 13.1. The number of rotatable bonds is 7. The molecule has 1 amide bonds. The average Bonchev–Trinajstić information content (AvgIpc) is 3.06. The molecule has 0 aliphatic heterocycles. The van der Waals surface area contributed by atoms with E-state index in [0.29, 0.717) is 17.5 Å². The molecule has 27 heavy (non-hydrogen) atoms. The van der Waals surface area contributed by atoms with Gasteiger partial charge < -0.3 is 14.6 Å². The van der Waals surface area contributed by atoms with Gasteiger partial charge in [0, 0.05) is 19.2 Å². The van der Waals surface area contributed by atoms with Crippen LogP contribution in [0.3, 0.4) is 0 Å². The van der Waals surface area contributed by atoms with Crippen LogP contribution in [0.2, 0.25) is 0 Å². The molecular formula is C19H19FN4O2S. The van der Waals surface area contributed by atoms with Crippen molar-refractivity contribution in [3.63, 3.8) is 0 Å². The zero-order valence-corrected chi connectivity index (χ0v) is 15.8. The quantitative estimate of drug-likeness (QED) is 0.632. The Morgan fingerprint density at radius 3 is 2.52 bits per heavy atom. The van der Waals surface area contributed by atoms with E-state index in [-0.39, 0.29) is 17.5 Å². The number of methoxy groups -OCH3 is 1. The second-order valence-corrected chi connectivity index (χ2v) is 6.73. The molecule has 0 atom stereocenters. The van der Waals surface area contributed by atoms with Crippen LogP contribution in [0.15, 0.2) is 53.7 Å². The fourth-order valence-corrected chi connectivity index (χ4v) is 3.16. The number of carbonyl (C=O) groups excluding carboxylic acids is 1. The Hall–Kier alpha value is -2.87. The van der Waals surface area contributed by atoms with Gasteiger partial charge in [0.15, 0.2) is 11.0 Å². The molecule has 0 unspecified atom stereocenters. The zero-order valence-electron chi connectivity index (χ0n) is 15.0. The first-order chi connectivity index (χ1) is 13.1. The van der Waals surface area contributed by atoms with E-state index in [1.807, 2.05) is 31.3 Å². The predicted molar refractivity (Wildman–Crippen MR) is 102 cm³/mol. The lowest BCUT2D eigenvalue weighted by Crippen LogP contribution is -2.24. The second-order valence-electron chi connectivity index (χ2n) is 5.79. The Labute approximate surface area is 160 Å². The first kappa shape index (κ1) is 18.9. The Morgan fingerprint density at radius 2 is 1.85 bits per heavy atom. The van der Waals surface area contributed by atoms with E-state index in [1.165, 1.54) is 23.9 Å². The number of hydrogen-bond donors (Lipinski definition) is 1. The smallest absolute Gasteiger partial charge is 0.230 e. The molecule has 1 heterocycles. The van der Waals surface area contributed by atoms with Crippen LogP contribution in [0.1, 0.15) is 5.56 Å². The van der Waals surface area contributed by atoms with Gasteiger partial charge in [-0.2, -0.15) is 0 Å². The van der Waals surface area contributed by atoms with Crippen molar-refractivity contribution >= 4 is 17.7 Å². The lowest BCUT2D eigenvalue weighted by Gasteiger charge is -2.07. The number of halogens is 1. The highest BCUT2D eigenvalue weighted by Gasteiger charge is 2.13. The maximum atomic E-state index is 13.1. The fraction of sp³-hybridized carbons (Fsp3) is 0.211. The molecule has 140 valence electrons. The van der Waals surface area contributed by atoms with Crippen LogP contribution in [-0.2, 0) is 18.4 Å². The summed E-state index contributed by atoms with van der Waals surface area (Å²) in [5, 5.41) is 11.7. The summed E-state index contributed by atoms with van der Waals surface area (Å²) in [4.78, 5) is 12.1. The Kier molecular flexibility index (Phi) is 6.08. The minimum Gasteiger partial charge on any atom is -0.497 e. The molecule has 0 saturated carbocycles. The van der Waals surface area contributed by atoms with Crippen LogP contribution in [-0.4, -0.2) is 33.5 Å². The van der Waals surface area contributed by atoms with Gasteiger partial charge in [0.1, 0.15) is 11.6 Å². The molecule has 0 aliphatic carbocycles. The fourth-order valence-electron chi connectivity index (χ4n) is 2.42. The summed E-state index contributed by atoms with van der Waals surface area (Å²) in [6.45, 7) is 0.447. The van der Waals surface area contributed by atoms with E-state index in [1.54, 1.807) is 23.8 Å². The number of hydrogen-bond acceptors (Lipinski definition) is 5. The number of carbonyl (C=O) groups is 1. The topological polar surface area (TPSA) is 69.0 Å². The number of amides is 1. The highest BCUT2D eigenvalue weighted by molar-refractivity contribution is 7.99. The third kappa shape index (κ3) is 4.85. The van der Waals surface area contributed by atoms with Crippen LogP contribution in [0.25, 0.3) is 11.4 Å². The van der Waals surface area contributed by atoms with E-state index in [9.17, 15) is 9.18 Å². The average molecular weight is 386 g/mol. The summed E-state index contributed by atoms with van der Waals surface area (Å²) < 4.78 is 19.9. The number of nitrogens with zero attached hydrogens (tertiary/aromatic N) is 3. The van der Waals surface area contributed by atoms with Crippen LogP contribution in [0, 0.1) is 5.82 Å².